The van der Waals surface area contributed by atoms with E-state index in [2.05, 4.69) is 25.6 Å². The van der Waals surface area contributed by atoms with Crippen molar-refractivity contribution in [2.75, 3.05) is 10.5 Å². The van der Waals surface area contributed by atoms with Crippen LogP contribution in [0.5, 0.6) is 0 Å². The number of nitrogens with one attached hydrogen (secondary N) is 1. The van der Waals surface area contributed by atoms with Crippen molar-refractivity contribution in [1.29, 1.82) is 0 Å². The van der Waals surface area contributed by atoms with Crippen LogP contribution in [0, 0.1) is 6.92 Å². The number of sulfonamides is 1. The van der Waals surface area contributed by atoms with Crippen LogP contribution in [-0.2, 0) is 14.8 Å². The molecule has 0 spiro atoms. The molecule has 94 valence electrons. The van der Waals surface area contributed by atoms with Gasteiger partial charge in [0.25, 0.3) is 0 Å². The lowest BCUT2D eigenvalue weighted by Crippen LogP contribution is -2.19. The molecule has 1 aromatic heterocycles. The molecule has 0 radical (unpaired) electrons. The highest BCUT2D eigenvalue weighted by Crippen LogP contribution is 2.16. The number of hydrogen-bond donors (Lipinski definition) is 2. The molecular formula is C9H11BrN2O4S. The van der Waals surface area contributed by atoms with Gasteiger partial charge in [-0.2, -0.15) is 0 Å². The van der Waals surface area contributed by atoms with Crippen LogP contribution in [0.3, 0.4) is 0 Å². The summed E-state index contributed by atoms with van der Waals surface area (Å²) in [5.74, 6) is -1.45. The van der Waals surface area contributed by atoms with E-state index in [1.54, 1.807) is 13.0 Å². The number of aliphatic carboxylic acids is 1. The van der Waals surface area contributed by atoms with Gasteiger partial charge >= 0.3 is 5.97 Å². The molecule has 0 atom stereocenters. The Balaban J connectivity index is 2.76. The van der Waals surface area contributed by atoms with Crippen molar-refractivity contribution in [3.63, 3.8) is 0 Å². The second-order valence-corrected chi connectivity index (χ2v) is 6.02. The molecule has 1 aromatic rings. The molecule has 1 rings (SSSR count). The van der Waals surface area contributed by atoms with Crippen LogP contribution in [-0.4, -0.2) is 30.2 Å². The fourth-order valence-corrected chi connectivity index (χ4v) is 2.23. The molecular weight excluding hydrogens is 312 g/mol. The van der Waals surface area contributed by atoms with Crippen molar-refractivity contribution in [3.05, 3.63) is 22.3 Å². The molecule has 0 aliphatic rings. The Bertz CT molecular complexity index is 530. The van der Waals surface area contributed by atoms with Gasteiger partial charge in [0, 0.05) is 4.47 Å². The van der Waals surface area contributed by atoms with Gasteiger partial charge in [-0.1, -0.05) is 0 Å². The summed E-state index contributed by atoms with van der Waals surface area (Å²) in [6.07, 6.45) is -0.440. The molecule has 2 N–H and O–H groups in total. The normalized spacial score (nSPS) is 11.2. The lowest BCUT2D eigenvalue weighted by molar-refractivity contribution is -0.136. The minimum Gasteiger partial charge on any atom is -0.481 e. The van der Waals surface area contributed by atoms with Crippen LogP contribution in [0.4, 0.5) is 5.82 Å². The molecule has 0 unspecified atom stereocenters. The lowest BCUT2D eigenvalue weighted by atomic mass is 10.4. The van der Waals surface area contributed by atoms with E-state index in [4.69, 9.17) is 5.11 Å². The standard InChI is InChI=1S/C9H11BrN2O4S/c1-6-7(10)2-3-8(11-6)12-17(15,16)5-4-9(13)14/h2-3H,4-5H2,1H3,(H,11,12)(H,13,14). The number of carboxylic acid groups (broad SMARTS) is 1. The first-order valence-corrected chi connectivity index (χ1v) is 7.10. The predicted octanol–water partition coefficient (Wildman–Crippen LogP) is 1.37. The lowest BCUT2D eigenvalue weighted by Gasteiger charge is -2.07. The second kappa shape index (κ2) is 5.46. The van der Waals surface area contributed by atoms with Crippen LogP contribution in [0.15, 0.2) is 16.6 Å². The highest BCUT2D eigenvalue weighted by Gasteiger charge is 2.13. The molecule has 17 heavy (non-hydrogen) atoms. The minimum absolute atomic E-state index is 0.177. The third-order valence-corrected chi connectivity index (χ3v) is 3.97. The predicted molar refractivity (Wildman–Crippen MR) is 66.3 cm³/mol. The first-order chi connectivity index (χ1) is 7.80. The average Bonchev–Trinajstić information content (AvgIpc) is 2.21. The van der Waals surface area contributed by atoms with Gasteiger partial charge in [-0.25, -0.2) is 13.4 Å². The molecule has 6 nitrogen and oxygen atoms in total. The molecule has 0 amide bonds. The van der Waals surface area contributed by atoms with Crippen molar-refractivity contribution >= 4 is 37.7 Å². The first kappa shape index (κ1) is 13.9. The fraction of sp³-hybridized carbons (Fsp3) is 0.333. The fourth-order valence-electron chi connectivity index (χ4n) is 1.03. The summed E-state index contributed by atoms with van der Waals surface area (Å²) in [6, 6.07) is 3.16. The number of pyridine rings is 1. The third kappa shape index (κ3) is 4.70. The summed E-state index contributed by atoms with van der Waals surface area (Å²) in [5, 5.41) is 8.41. The van der Waals surface area contributed by atoms with Gasteiger partial charge in [0.2, 0.25) is 10.0 Å². The molecule has 0 saturated heterocycles. The number of hydrogen-bond acceptors (Lipinski definition) is 4. The van der Waals surface area contributed by atoms with E-state index in [0.29, 0.717) is 5.69 Å². The zero-order valence-corrected chi connectivity index (χ0v) is 11.4. The van der Waals surface area contributed by atoms with Crippen LogP contribution < -0.4 is 4.72 Å². The summed E-state index contributed by atoms with van der Waals surface area (Å²) in [5.41, 5.74) is 0.642. The number of nitrogens with zero attached hydrogens (tertiary/aromatic N) is 1. The highest BCUT2D eigenvalue weighted by atomic mass is 79.9. The van der Waals surface area contributed by atoms with Crippen molar-refractivity contribution in [2.24, 2.45) is 0 Å². The monoisotopic (exact) mass is 322 g/mol. The largest absolute Gasteiger partial charge is 0.481 e. The Morgan fingerprint density at radius 1 is 1.53 bits per heavy atom. The molecule has 0 aliphatic heterocycles. The number of anilines is 1. The number of rotatable bonds is 5. The maximum absolute atomic E-state index is 11.5. The Hall–Kier alpha value is -1.15. The molecule has 1 heterocycles. The van der Waals surface area contributed by atoms with Crippen LogP contribution >= 0.6 is 15.9 Å². The topological polar surface area (TPSA) is 96.4 Å². The van der Waals surface area contributed by atoms with Gasteiger partial charge in [-0.15, -0.1) is 0 Å². The Morgan fingerprint density at radius 3 is 2.71 bits per heavy atom. The number of halogens is 1. The number of aromatic nitrogens is 1. The van der Waals surface area contributed by atoms with Crippen molar-refractivity contribution in [3.8, 4) is 0 Å². The van der Waals surface area contributed by atoms with Gasteiger partial charge < -0.3 is 5.11 Å². The number of carboxylic acids is 1. The van der Waals surface area contributed by atoms with E-state index in [9.17, 15) is 13.2 Å². The van der Waals surface area contributed by atoms with E-state index in [1.807, 2.05) is 0 Å². The van der Waals surface area contributed by atoms with E-state index in [0.717, 1.165) is 4.47 Å². The zero-order valence-electron chi connectivity index (χ0n) is 8.97. The Labute approximate surface area is 107 Å². The minimum atomic E-state index is -3.67. The van der Waals surface area contributed by atoms with E-state index in [-0.39, 0.29) is 5.82 Å². The molecule has 0 aliphatic carbocycles. The second-order valence-electron chi connectivity index (χ2n) is 3.33. The maximum atomic E-state index is 11.5. The Kier molecular flexibility index (Phi) is 4.47. The number of aryl methyl sites for hydroxylation is 1. The van der Waals surface area contributed by atoms with Crippen LogP contribution in [0.25, 0.3) is 0 Å². The Morgan fingerprint density at radius 2 is 2.18 bits per heavy atom. The molecule has 8 heteroatoms. The average molecular weight is 323 g/mol. The maximum Gasteiger partial charge on any atom is 0.304 e. The molecule has 0 saturated carbocycles. The van der Waals surface area contributed by atoms with Gasteiger partial charge in [-0.3, -0.25) is 9.52 Å². The molecule has 0 aromatic carbocycles. The van der Waals surface area contributed by atoms with Gasteiger partial charge in [0.1, 0.15) is 5.82 Å². The summed E-state index contributed by atoms with van der Waals surface area (Å²) in [7, 11) is -3.67. The molecule has 0 bridgehead atoms. The third-order valence-electron chi connectivity index (χ3n) is 1.87. The smallest absolute Gasteiger partial charge is 0.304 e. The zero-order chi connectivity index (χ0) is 13.1. The highest BCUT2D eigenvalue weighted by molar-refractivity contribution is 9.10. The summed E-state index contributed by atoms with van der Waals surface area (Å²) in [4.78, 5) is 14.3. The summed E-state index contributed by atoms with van der Waals surface area (Å²) >= 11 is 3.24. The van der Waals surface area contributed by atoms with Gasteiger partial charge in [-0.05, 0) is 35.0 Å². The summed E-state index contributed by atoms with van der Waals surface area (Å²) in [6.45, 7) is 1.72. The van der Waals surface area contributed by atoms with E-state index >= 15 is 0 Å². The first-order valence-electron chi connectivity index (χ1n) is 4.65. The van der Waals surface area contributed by atoms with Crippen molar-refractivity contribution < 1.29 is 18.3 Å². The van der Waals surface area contributed by atoms with Crippen molar-refractivity contribution in [1.82, 2.24) is 4.98 Å². The van der Waals surface area contributed by atoms with E-state index < -0.39 is 28.2 Å². The number of carbonyl (C=O) groups is 1. The van der Waals surface area contributed by atoms with Gasteiger partial charge in [0.15, 0.2) is 0 Å². The van der Waals surface area contributed by atoms with Crippen molar-refractivity contribution in [2.45, 2.75) is 13.3 Å². The summed E-state index contributed by atoms with van der Waals surface area (Å²) < 4.78 is 25.9. The molecule has 0 fully saturated rings. The van der Waals surface area contributed by atoms with Crippen LogP contribution in [0.2, 0.25) is 0 Å². The van der Waals surface area contributed by atoms with Gasteiger partial charge in [0.05, 0.1) is 17.9 Å². The van der Waals surface area contributed by atoms with Crippen LogP contribution in [0.1, 0.15) is 12.1 Å². The van der Waals surface area contributed by atoms with E-state index in [1.165, 1.54) is 6.07 Å². The SMILES string of the molecule is Cc1nc(NS(=O)(=O)CCC(=O)O)ccc1Br. The quantitative estimate of drug-likeness (QED) is 0.853.